The maximum atomic E-state index is 12.2. The number of piperazine rings is 1. The Labute approximate surface area is 129 Å². The van der Waals surface area contributed by atoms with Crippen molar-refractivity contribution in [1.29, 1.82) is 0 Å². The van der Waals surface area contributed by atoms with Crippen molar-refractivity contribution in [2.45, 2.75) is 32.4 Å². The summed E-state index contributed by atoms with van der Waals surface area (Å²) in [5.74, 6) is -0.343. The number of pyridine rings is 1. The van der Waals surface area contributed by atoms with Gasteiger partial charge in [0.1, 0.15) is 17.5 Å². The molecule has 120 valence electrons. The molecule has 7 heteroatoms. The predicted octanol–water partition coefficient (Wildman–Crippen LogP) is 1.59. The molecule has 2 rings (SSSR count). The Kier molecular flexibility index (Phi) is 4.54. The van der Waals surface area contributed by atoms with Gasteiger partial charge in [0.15, 0.2) is 0 Å². The first kappa shape index (κ1) is 16.1. The standard InChI is InChI=1S/C15H21N3O4/c1-15(2,3)22-14(21)18-9-8-17(10-11(18)13(19)20)12-6-4-5-7-16-12/h4-7,11H,8-10H2,1-3H3,(H,19,20). The zero-order valence-corrected chi connectivity index (χ0v) is 13.0. The zero-order chi connectivity index (χ0) is 16.3. The van der Waals surface area contributed by atoms with Gasteiger partial charge in [-0.05, 0) is 32.9 Å². The van der Waals surface area contributed by atoms with Gasteiger partial charge >= 0.3 is 12.1 Å². The molecule has 2 heterocycles. The number of carboxylic acid groups (broad SMARTS) is 1. The van der Waals surface area contributed by atoms with Gasteiger partial charge in [-0.3, -0.25) is 4.90 Å². The number of aliphatic carboxylic acids is 1. The van der Waals surface area contributed by atoms with Crippen molar-refractivity contribution in [1.82, 2.24) is 9.88 Å². The summed E-state index contributed by atoms with van der Waals surface area (Å²) in [4.78, 5) is 31.0. The lowest BCUT2D eigenvalue weighted by atomic mass is 10.1. The van der Waals surface area contributed by atoms with Gasteiger partial charge in [-0.25, -0.2) is 14.6 Å². The van der Waals surface area contributed by atoms with Gasteiger partial charge in [0, 0.05) is 19.3 Å². The van der Waals surface area contributed by atoms with Gasteiger partial charge in [0.05, 0.1) is 6.54 Å². The van der Waals surface area contributed by atoms with Crippen molar-refractivity contribution in [2.75, 3.05) is 24.5 Å². The molecule has 1 aromatic heterocycles. The summed E-state index contributed by atoms with van der Waals surface area (Å²) in [6, 6.07) is 4.51. The summed E-state index contributed by atoms with van der Waals surface area (Å²) < 4.78 is 5.29. The van der Waals surface area contributed by atoms with Crippen molar-refractivity contribution >= 4 is 17.9 Å². The Balaban J connectivity index is 2.12. The van der Waals surface area contributed by atoms with Crippen LogP contribution in [0.4, 0.5) is 10.6 Å². The first-order valence-corrected chi connectivity index (χ1v) is 7.16. The van der Waals surface area contributed by atoms with Crippen LogP contribution in [0.5, 0.6) is 0 Å². The highest BCUT2D eigenvalue weighted by Crippen LogP contribution is 2.19. The summed E-state index contributed by atoms with van der Waals surface area (Å²) in [5, 5.41) is 9.42. The molecule has 7 nitrogen and oxygen atoms in total. The molecule has 0 saturated carbocycles. The average Bonchev–Trinajstić information content (AvgIpc) is 2.45. The third kappa shape index (κ3) is 3.87. The molecule has 22 heavy (non-hydrogen) atoms. The summed E-state index contributed by atoms with van der Waals surface area (Å²) in [5.41, 5.74) is -0.655. The molecular weight excluding hydrogens is 286 g/mol. The summed E-state index contributed by atoms with van der Waals surface area (Å²) in [6.45, 7) is 6.24. The number of carbonyl (C=O) groups is 2. The number of amides is 1. The molecule has 1 unspecified atom stereocenters. The number of hydrogen-bond acceptors (Lipinski definition) is 5. The molecule has 1 amide bonds. The fraction of sp³-hybridized carbons (Fsp3) is 0.533. The molecule has 0 aliphatic carbocycles. The fourth-order valence-electron chi connectivity index (χ4n) is 2.28. The number of hydrogen-bond donors (Lipinski definition) is 1. The van der Waals surface area contributed by atoms with Gasteiger partial charge in [-0.15, -0.1) is 0 Å². The molecule has 0 bridgehead atoms. The minimum Gasteiger partial charge on any atom is -0.480 e. The van der Waals surface area contributed by atoms with Gasteiger partial charge in [0.2, 0.25) is 0 Å². The molecule has 0 spiro atoms. The Bertz CT molecular complexity index is 541. The van der Waals surface area contributed by atoms with E-state index in [1.807, 2.05) is 17.0 Å². The molecule has 1 aromatic rings. The normalized spacial score (nSPS) is 19.0. The van der Waals surface area contributed by atoms with E-state index in [0.717, 1.165) is 0 Å². The lowest BCUT2D eigenvalue weighted by Gasteiger charge is -2.40. The first-order valence-electron chi connectivity index (χ1n) is 7.16. The third-order valence-corrected chi connectivity index (χ3v) is 3.27. The van der Waals surface area contributed by atoms with E-state index in [4.69, 9.17) is 4.74 Å². The van der Waals surface area contributed by atoms with E-state index in [2.05, 4.69) is 4.98 Å². The molecule has 1 aliphatic rings. The number of anilines is 1. The number of carboxylic acids is 1. The van der Waals surface area contributed by atoms with E-state index in [1.165, 1.54) is 4.90 Å². The maximum absolute atomic E-state index is 12.2. The highest BCUT2D eigenvalue weighted by Gasteiger charge is 2.37. The summed E-state index contributed by atoms with van der Waals surface area (Å²) >= 11 is 0. The highest BCUT2D eigenvalue weighted by atomic mass is 16.6. The molecule has 0 radical (unpaired) electrons. The molecule has 1 atom stereocenters. The topological polar surface area (TPSA) is 83.0 Å². The number of ether oxygens (including phenoxy) is 1. The molecule has 1 saturated heterocycles. The quantitative estimate of drug-likeness (QED) is 0.893. The van der Waals surface area contributed by atoms with E-state index in [9.17, 15) is 14.7 Å². The van der Waals surface area contributed by atoms with E-state index in [0.29, 0.717) is 12.4 Å². The minimum atomic E-state index is -1.05. The van der Waals surface area contributed by atoms with Crippen LogP contribution in [-0.2, 0) is 9.53 Å². The number of rotatable bonds is 2. The second-order valence-electron chi connectivity index (χ2n) is 6.16. The van der Waals surface area contributed by atoms with Crippen LogP contribution in [0.25, 0.3) is 0 Å². The van der Waals surface area contributed by atoms with Crippen LogP contribution in [0.15, 0.2) is 24.4 Å². The molecular formula is C15H21N3O4. The summed E-state index contributed by atoms with van der Waals surface area (Å²) in [7, 11) is 0. The molecule has 1 aliphatic heterocycles. The van der Waals surface area contributed by atoms with E-state index >= 15 is 0 Å². The van der Waals surface area contributed by atoms with Crippen LogP contribution < -0.4 is 4.90 Å². The van der Waals surface area contributed by atoms with Gasteiger partial charge in [0.25, 0.3) is 0 Å². The smallest absolute Gasteiger partial charge is 0.411 e. The lowest BCUT2D eigenvalue weighted by Crippen LogP contribution is -2.59. The summed E-state index contributed by atoms with van der Waals surface area (Å²) in [6.07, 6.45) is 1.06. The van der Waals surface area contributed by atoms with Crippen molar-refractivity contribution in [3.8, 4) is 0 Å². The van der Waals surface area contributed by atoms with Crippen LogP contribution in [0.2, 0.25) is 0 Å². The SMILES string of the molecule is CC(C)(C)OC(=O)N1CCN(c2ccccn2)CC1C(=O)O. The largest absolute Gasteiger partial charge is 0.480 e. The van der Waals surface area contributed by atoms with Crippen molar-refractivity contribution in [2.24, 2.45) is 0 Å². The zero-order valence-electron chi connectivity index (χ0n) is 13.0. The van der Waals surface area contributed by atoms with Gasteiger partial charge in [-0.2, -0.15) is 0 Å². The Morgan fingerprint density at radius 1 is 1.32 bits per heavy atom. The number of aromatic nitrogens is 1. The van der Waals surface area contributed by atoms with E-state index in [-0.39, 0.29) is 13.1 Å². The lowest BCUT2D eigenvalue weighted by molar-refractivity contribution is -0.143. The second kappa shape index (κ2) is 6.21. The number of carbonyl (C=O) groups excluding carboxylic acids is 1. The van der Waals surface area contributed by atoms with E-state index < -0.39 is 23.7 Å². The number of nitrogens with zero attached hydrogens (tertiary/aromatic N) is 3. The van der Waals surface area contributed by atoms with Crippen LogP contribution in [0, 0.1) is 0 Å². The van der Waals surface area contributed by atoms with Crippen LogP contribution >= 0.6 is 0 Å². The van der Waals surface area contributed by atoms with Gasteiger partial charge < -0.3 is 14.7 Å². The van der Waals surface area contributed by atoms with Crippen molar-refractivity contribution in [3.05, 3.63) is 24.4 Å². The van der Waals surface area contributed by atoms with Crippen LogP contribution in [-0.4, -0.2) is 58.3 Å². The predicted molar refractivity (Wildman–Crippen MR) is 80.8 cm³/mol. The minimum absolute atomic E-state index is 0.186. The van der Waals surface area contributed by atoms with Crippen molar-refractivity contribution < 1.29 is 19.4 Å². The van der Waals surface area contributed by atoms with Crippen molar-refractivity contribution in [3.63, 3.8) is 0 Å². The monoisotopic (exact) mass is 307 g/mol. The maximum Gasteiger partial charge on any atom is 0.411 e. The Morgan fingerprint density at radius 3 is 2.59 bits per heavy atom. The van der Waals surface area contributed by atoms with Gasteiger partial charge in [-0.1, -0.05) is 6.07 Å². The van der Waals surface area contributed by atoms with Crippen LogP contribution in [0.1, 0.15) is 20.8 Å². The average molecular weight is 307 g/mol. The first-order chi connectivity index (χ1) is 10.3. The van der Waals surface area contributed by atoms with Crippen LogP contribution in [0.3, 0.4) is 0 Å². The fourth-order valence-corrected chi connectivity index (χ4v) is 2.28. The Hall–Kier alpha value is -2.31. The molecule has 1 N–H and O–H groups in total. The molecule has 0 aromatic carbocycles. The second-order valence-corrected chi connectivity index (χ2v) is 6.16. The third-order valence-electron chi connectivity index (χ3n) is 3.27. The molecule has 1 fully saturated rings. The van der Waals surface area contributed by atoms with E-state index in [1.54, 1.807) is 33.0 Å². The Morgan fingerprint density at radius 2 is 2.05 bits per heavy atom. The highest BCUT2D eigenvalue weighted by molar-refractivity contribution is 5.81.